The van der Waals surface area contributed by atoms with Crippen LogP contribution in [-0.2, 0) is 24.8 Å². The van der Waals surface area contributed by atoms with Gasteiger partial charge in [-0.25, -0.2) is 21.2 Å². The fourth-order valence-electron chi connectivity index (χ4n) is 5.52. The van der Waals surface area contributed by atoms with Gasteiger partial charge in [0.1, 0.15) is 11.6 Å². The van der Waals surface area contributed by atoms with Crippen molar-refractivity contribution in [2.24, 2.45) is 5.92 Å². The van der Waals surface area contributed by atoms with Gasteiger partial charge in [0.25, 0.3) is 15.9 Å². The normalized spacial score (nSPS) is 20.6. The summed E-state index contributed by atoms with van der Waals surface area (Å²) in [5.41, 5.74) is 1.17. The number of aliphatic hydroxyl groups is 1. The molecule has 3 aromatic rings. The topological polar surface area (TPSA) is 143 Å². The molecule has 1 aliphatic heterocycles. The summed E-state index contributed by atoms with van der Waals surface area (Å²) in [5.74, 6) is -1.20. The summed E-state index contributed by atoms with van der Waals surface area (Å²) in [5, 5.41) is 10.2. The van der Waals surface area contributed by atoms with Crippen LogP contribution in [0.5, 0.6) is 5.75 Å². The SMILES string of the molecule is Cc1ccc(S(=O)(=O)Nc2ccc3c(c2)C(=O)N([C@H](C)CO)C[C@H](C)[C@@H](CN(C)S(=O)(=O)c2ccc(F)cc2)OCCCC[C@H](C)O3)cc1. The lowest BCUT2D eigenvalue weighted by Crippen LogP contribution is -2.48. The molecule has 0 saturated carbocycles. The monoisotopic (exact) mass is 719 g/mol. The first-order chi connectivity index (χ1) is 23.1. The number of aliphatic hydroxyl groups excluding tert-OH is 1. The van der Waals surface area contributed by atoms with E-state index in [1.54, 1.807) is 25.1 Å². The number of anilines is 1. The van der Waals surface area contributed by atoms with E-state index >= 15 is 0 Å². The molecule has 4 rings (SSSR count). The smallest absolute Gasteiger partial charge is 0.261 e. The molecule has 1 aliphatic rings. The van der Waals surface area contributed by atoms with E-state index < -0.39 is 49.8 Å². The van der Waals surface area contributed by atoms with E-state index in [0.29, 0.717) is 19.4 Å². The number of amides is 1. The lowest BCUT2D eigenvalue weighted by molar-refractivity contribution is -0.00834. The number of nitrogens with one attached hydrogen (secondary N) is 1. The Balaban J connectivity index is 1.67. The van der Waals surface area contributed by atoms with E-state index in [1.165, 1.54) is 48.3 Å². The molecule has 0 saturated heterocycles. The first-order valence-corrected chi connectivity index (χ1v) is 19.2. The fraction of sp³-hybridized carbons (Fsp3) is 0.457. The van der Waals surface area contributed by atoms with Crippen molar-refractivity contribution in [2.45, 2.75) is 75.0 Å². The summed E-state index contributed by atoms with van der Waals surface area (Å²) < 4.78 is 82.8. The molecule has 3 aromatic carbocycles. The van der Waals surface area contributed by atoms with Gasteiger partial charge in [0.2, 0.25) is 10.0 Å². The van der Waals surface area contributed by atoms with Crippen LogP contribution in [0.25, 0.3) is 0 Å². The number of aryl methyl sites for hydroxylation is 1. The average molecular weight is 720 g/mol. The Bertz CT molecular complexity index is 1790. The third-order valence-corrected chi connectivity index (χ3v) is 11.8. The number of likely N-dealkylation sites (N-methyl/N-ethyl adjacent to an activating group) is 1. The first kappa shape index (κ1) is 38.2. The van der Waals surface area contributed by atoms with Crippen LogP contribution in [0.4, 0.5) is 10.1 Å². The second-order valence-electron chi connectivity index (χ2n) is 12.7. The highest BCUT2D eigenvalue weighted by molar-refractivity contribution is 7.92. The molecule has 1 amide bonds. The molecule has 268 valence electrons. The summed E-state index contributed by atoms with van der Waals surface area (Å²) in [6, 6.07) is 14.8. The van der Waals surface area contributed by atoms with Crippen LogP contribution >= 0.6 is 0 Å². The number of rotatable bonds is 9. The van der Waals surface area contributed by atoms with Gasteiger partial charge in [-0.1, -0.05) is 24.6 Å². The van der Waals surface area contributed by atoms with E-state index in [0.717, 1.165) is 28.4 Å². The standard InChI is InChI=1S/C35H46FN3O8S2/c1-24-9-14-30(15-10-24)48(42,43)37-29-13-18-33-32(20-29)35(41)39(26(3)23-40)21-25(2)34(46-19-7-6-8-27(4)47-33)22-38(5)49(44,45)31-16-11-28(36)12-17-31/h9-18,20,25-27,34,37,40H,6-8,19,21-23H2,1-5H3/t25-,26+,27-,34+/m0/s1. The van der Waals surface area contributed by atoms with Crippen LogP contribution in [0.2, 0.25) is 0 Å². The second-order valence-corrected chi connectivity index (χ2v) is 16.4. The molecular formula is C35H46FN3O8S2. The van der Waals surface area contributed by atoms with Gasteiger partial charge in [0, 0.05) is 38.3 Å². The lowest BCUT2D eigenvalue weighted by atomic mass is 10.0. The maximum atomic E-state index is 14.4. The number of carbonyl (C=O) groups is 1. The Morgan fingerprint density at radius 2 is 1.65 bits per heavy atom. The summed E-state index contributed by atoms with van der Waals surface area (Å²) >= 11 is 0. The van der Waals surface area contributed by atoms with Gasteiger partial charge in [0.15, 0.2) is 0 Å². The molecule has 0 bridgehead atoms. The number of benzene rings is 3. The lowest BCUT2D eigenvalue weighted by Gasteiger charge is -2.35. The van der Waals surface area contributed by atoms with Crippen LogP contribution in [0, 0.1) is 18.7 Å². The van der Waals surface area contributed by atoms with Crippen LogP contribution in [-0.4, -0.2) is 88.7 Å². The van der Waals surface area contributed by atoms with Crippen molar-refractivity contribution in [3.8, 4) is 5.75 Å². The molecule has 11 nitrogen and oxygen atoms in total. The highest BCUT2D eigenvalue weighted by atomic mass is 32.2. The molecule has 0 unspecified atom stereocenters. The molecule has 0 spiro atoms. The van der Waals surface area contributed by atoms with Crippen LogP contribution < -0.4 is 9.46 Å². The number of carbonyl (C=O) groups excluding carboxylic acids is 1. The van der Waals surface area contributed by atoms with Gasteiger partial charge in [-0.15, -0.1) is 0 Å². The molecular weight excluding hydrogens is 674 g/mol. The minimum absolute atomic E-state index is 0.0442. The number of ether oxygens (including phenoxy) is 2. The van der Waals surface area contributed by atoms with E-state index in [2.05, 4.69) is 4.72 Å². The quantitative estimate of drug-likeness (QED) is 0.313. The fourth-order valence-corrected chi connectivity index (χ4v) is 7.75. The molecule has 0 aromatic heterocycles. The summed E-state index contributed by atoms with van der Waals surface area (Å²) in [6.45, 7) is 7.26. The summed E-state index contributed by atoms with van der Waals surface area (Å²) in [6.07, 6.45) is 1.10. The van der Waals surface area contributed by atoms with Crippen molar-refractivity contribution in [1.82, 2.24) is 9.21 Å². The average Bonchev–Trinajstić information content (AvgIpc) is 3.06. The minimum Gasteiger partial charge on any atom is -0.490 e. The van der Waals surface area contributed by atoms with Crippen LogP contribution in [0.1, 0.15) is 56.0 Å². The van der Waals surface area contributed by atoms with Gasteiger partial charge in [0.05, 0.1) is 40.2 Å². The zero-order valence-electron chi connectivity index (χ0n) is 28.5. The Labute approximate surface area is 289 Å². The summed E-state index contributed by atoms with van der Waals surface area (Å²) in [4.78, 5) is 15.8. The van der Waals surface area contributed by atoms with Crippen molar-refractivity contribution in [2.75, 3.05) is 38.1 Å². The number of sulfonamides is 2. The molecule has 4 atom stereocenters. The van der Waals surface area contributed by atoms with Gasteiger partial charge in [-0.3, -0.25) is 9.52 Å². The maximum Gasteiger partial charge on any atom is 0.261 e. The minimum atomic E-state index is -3.98. The van der Waals surface area contributed by atoms with Crippen molar-refractivity contribution in [3.63, 3.8) is 0 Å². The number of hydrogen-bond acceptors (Lipinski definition) is 8. The van der Waals surface area contributed by atoms with Crippen molar-refractivity contribution < 1.29 is 40.6 Å². The van der Waals surface area contributed by atoms with E-state index in [4.69, 9.17) is 9.47 Å². The largest absolute Gasteiger partial charge is 0.490 e. The number of halogens is 1. The Morgan fingerprint density at radius 1 is 1.00 bits per heavy atom. The third kappa shape index (κ3) is 9.79. The van der Waals surface area contributed by atoms with Gasteiger partial charge >= 0.3 is 0 Å². The summed E-state index contributed by atoms with van der Waals surface area (Å²) in [7, 11) is -6.53. The molecule has 0 radical (unpaired) electrons. The van der Waals surface area contributed by atoms with Gasteiger partial charge < -0.3 is 19.5 Å². The Kier molecular flexibility index (Phi) is 12.8. The third-order valence-electron chi connectivity index (χ3n) is 8.59. The van der Waals surface area contributed by atoms with Crippen LogP contribution in [0.3, 0.4) is 0 Å². The molecule has 0 aliphatic carbocycles. The van der Waals surface area contributed by atoms with Crippen LogP contribution in [0.15, 0.2) is 76.5 Å². The molecule has 2 N–H and O–H groups in total. The molecule has 0 fully saturated rings. The highest BCUT2D eigenvalue weighted by Crippen LogP contribution is 2.30. The predicted octanol–water partition coefficient (Wildman–Crippen LogP) is 5.05. The number of hydrogen-bond donors (Lipinski definition) is 2. The number of nitrogens with zero attached hydrogens (tertiary/aromatic N) is 2. The van der Waals surface area contributed by atoms with E-state index in [1.807, 2.05) is 20.8 Å². The Hall–Kier alpha value is -3.56. The predicted molar refractivity (Wildman–Crippen MR) is 185 cm³/mol. The highest BCUT2D eigenvalue weighted by Gasteiger charge is 2.32. The first-order valence-electron chi connectivity index (χ1n) is 16.3. The van der Waals surface area contributed by atoms with E-state index in [9.17, 15) is 31.1 Å². The zero-order chi connectivity index (χ0) is 35.9. The van der Waals surface area contributed by atoms with Gasteiger partial charge in [-0.05, 0) is 94.6 Å². The molecule has 49 heavy (non-hydrogen) atoms. The maximum absolute atomic E-state index is 14.4. The Morgan fingerprint density at radius 3 is 2.31 bits per heavy atom. The van der Waals surface area contributed by atoms with Gasteiger partial charge in [-0.2, -0.15) is 4.31 Å². The second kappa shape index (κ2) is 16.4. The van der Waals surface area contributed by atoms with E-state index in [-0.39, 0.29) is 52.6 Å². The van der Waals surface area contributed by atoms with Crippen molar-refractivity contribution >= 4 is 31.6 Å². The molecule has 1 heterocycles. The molecule has 14 heteroatoms. The zero-order valence-corrected chi connectivity index (χ0v) is 30.1. The van der Waals surface area contributed by atoms with Crippen molar-refractivity contribution in [3.05, 3.63) is 83.7 Å². The van der Waals surface area contributed by atoms with Crippen molar-refractivity contribution in [1.29, 1.82) is 0 Å². The number of fused-ring (bicyclic) bond motifs is 1.